The number of fused-ring (bicyclic) bond motifs is 4. The van der Waals surface area contributed by atoms with Gasteiger partial charge < -0.3 is 5.32 Å². The number of nitrogens with one attached hydrogen (secondary N) is 1. The van der Waals surface area contributed by atoms with Crippen molar-refractivity contribution in [2.24, 2.45) is 5.92 Å². The summed E-state index contributed by atoms with van der Waals surface area (Å²) in [5.74, 6) is -0.325. The van der Waals surface area contributed by atoms with Gasteiger partial charge in [-0.25, -0.2) is 19.6 Å². The van der Waals surface area contributed by atoms with E-state index < -0.39 is 0 Å². The molecular formula is C29H24Cl2N8O2. The minimum absolute atomic E-state index is 0.0940. The van der Waals surface area contributed by atoms with Crippen LogP contribution in [0.1, 0.15) is 37.8 Å². The van der Waals surface area contributed by atoms with Crippen LogP contribution >= 0.6 is 23.2 Å². The van der Waals surface area contributed by atoms with E-state index in [0.717, 1.165) is 17.5 Å². The summed E-state index contributed by atoms with van der Waals surface area (Å²) in [5.41, 5.74) is 4.36. The van der Waals surface area contributed by atoms with E-state index in [2.05, 4.69) is 30.6 Å². The zero-order valence-corrected chi connectivity index (χ0v) is 23.4. The van der Waals surface area contributed by atoms with Gasteiger partial charge >= 0.3 is 0 Å². The highest BCUT2D eigenvalue weighted by Crippen LogP contribution is 2.33. The summed E-state index contributed by atoms with van der Waals surface area (Å²) in [6, 6.07) is 14.2. The number of nitrogens with zero attached hydrogens (tertiary/aromatic N) is 7. The van der Waals surface area contributed by atoms with Crippen molar-refractivity contribution < 1.29 is 4.79 Å². The van der Waals surface area contributed by atoms with E-state index >= 15 is 0 Å². The molecule has 1 amide bonds. The quantitative estimate of drug-likeness (QED) is 0.292. The second-order valence-electron chi connectivity index (χ2n) is 9.91. The van der Waals surface area contributed by atoms with Crippen LogP contribution in [0.3, 0.4) is 0 Å². The predicted molar refractivity (Wildman–Crippen MR) is 156 cm³/mol. The van der Waals surface area contributed by atoms with Crippen LogP contribution in [0.4, 0.5) is 5.69 Å². The molecule has 0 fully saturated rings. The van der Waals surface area contributed by atoms with Crippen molar-refractivity contribution >= 4 is 34.8 Å². The standard InChI is InChI=1S/C29H24Cl2N8O2/c1-17-4-2-7-24(18-5-3-6-19(10-18)28-23(35-29(17)41)13-32-15-33-28)38-16-34-22(12-27(38)40)21-11-20(30)8-9-25(21)39-14-26(31)36-37-39/h3,5-6,8-17,24H,2,4,7H2,1H3,(H,35,41). The fraction of sp³-hybridized carbons (Fsp3) is 0.207. The van der Waals surface area contributed by atoms with Crippen LogP contribution in [0.2, 0.25) is 10.2 Å². The first-order valence-electron chi connectivity index (χ1n) is 13.0. The molecule has 0 aliphatic carbocycles. The molecule has 0 saturated heterocycles. The first kappa shape index (κ1) is 26.8. The molecule has 10 nitrogen and oxygen atoms in total. The molecule has 2 atom stereocenters. The summed E-state index contributed by atoms with van der Waals surface area (Å²) in [5, 5.41) is 11.6. The first-order valence-corrected chi connectivity index (χ1v) is 13.8. The maximum Gasteiger partial charge on any atom is 0.254 e. The molecule has 41 heavy (non-hydrogen) atoms. The average Bonchev–Trinajstić information content (AvgIpc) is 3.41. The molecule has 4 heterocycles. The topological polar surface area (TPSA) is 120 Å². The Morgan fingerprint density at radius 3 is 2.71 bits per heavy atom. The number of carbonyl (C=O) groups excluding carboxylic acids is 1. The third kappa shape index (κ3) is 5.48. The van der Waals surface area contributed by atoms with Crippen LogP contribution in [0.15, 0.2) is 78.4 Å². The van der Waals surface area contributed by atoms with Crippen LogP contribution < -0.4 is 10.9 Å². The summed E-state index contributed by atoms with van der Waals surface area (Å²) >= 11 is 12.3. The van der Waals surface area contributed by atoms with Gasteiger partial charge in [-0.05, 0) is 42.7 Å². The Kier molecular flexibility index (Phi) is 7.34. The van der Waals surface area contributed by atoms with Crippen molar-refractivity contribution in [3.63, 3.8) is 0 Å². The predicted octanol–water partition coefficient (Wildman–Crippen LogP) is 5.60. The van der Waals surface area contributed by atoms with Crippen LogP contribution in [-0.2, 0) is 4.79 Å². The number of anilines is 1. The van der Waals surface area contributed by atoms with Gasteiger partial charge in [0.15, 0.2) is 5.15 Å². The molecule has 12 heteroatoms. The third-order valence-electron chi connectivity index (χ3n) is 7.20. The highest BCUT2D eigenvalue weighted by Gasteiger charge is 2.22. The van der Waals surface area contributed by atoms with Gasteiger partial charge in [0.05, 0.1) is 47.5 Å². The number of hydrogen-bond acceptors (Lipinski definition) is 7. The van der Waals surface area contributed by atoms with E-state index in [1.165, 1.54) is 17.1 Å². The number of amides is 1. The van der Waals surface area contributed by atoms with E-state index in [1.807, 2.05) is 31.2 Å². The molecule has 2 unspecified atom stereocenters. The summed E-state index contributed by atoms with van der Waals surface area (Å²) in [6.45, 7) is 1.90. The average molecular weight is 587 g/mol. The van der Waals surface area contributed by atoms with Gasteiger partial charge in [0, 0.05) is 28.1 Å². The van der Waals surface area contributed by atoms with Crippen LogP contribution in [0.5, 0.6) is 0 Å². The van der Waals surface area contributed by atoms with E-state index in [0.29, 0.717) is 46.2 Å². The fourth-order valence-electron chi connectivity index (χ4n) is 5.08. The number of carbonyl (C=O) groups is 1. The maximum atomic E-state index is 13.7. The largest absolute Gasteiger partial charge is 0.323 e. The zero-order valence-electron chi connectivity index (χ0n) is 21.9. The lowest BCUT2D eigenvalue weighted by atomic mass is 9.94. The molecule has 5 aromatic rings. The number of aromatic nitrogens is 7. The van der Waals surface area contributed by atoms with Crippen molar-refractivity contribution in [2.75, 3.05) is 5.32 Å². The molecule has 1 aliphatic heterocycles. The highest BCUT2D eigenvalue weighted by molar-refractivity contribution is 6.31. The molecular weight excluding hydrogens is 563 g/mol. The first-order chi connectivity index (χ1) is 19.9. The Morgan fingerprint density at radius 1 is 1.02 bits per heavy atom. The molecule has 1 aliphatic rings. The summed E-state index contributed by atoms with van der Waals surface area (Å²) in [4.78, 5) is 39.8. The van der Waals surface area contributed by atoms with Crippen molar-refractivity contribution in [3.05, 3.63) is 99.7 Å². The third-order valence-corrected chi connectivity index (χ3v) is 7.60. The van der Waals surface area contributed by atoms with Crippen molar-refractivity contribution in [1.29, 1.82) is 0 Å². The molecule has 6 rings (SSSR count). The molecule has 3 aromatic heterocycles. The minimum Gasteiger partial charge on any atom is -0.323 e. The molecule has 0 spiro atoms. The lowest BCUT2D eigenvalue weighted by Gasteiger charge is -2.23. The van der Waals surface area contributed by atoms with Gasteiger partial charge in [0.1, 0.15) is 6.33 Å². The van der Waals surface area contributed by atoms with Crippen LogP contribution in [0, 0.1) is 5.92 Å². The Bertz CT molecular complexity index is 1820. The Morgan fingerprint density at radius 2 is 1.90 bits per heavy atom. The molecule has 1 N–H and O–H groups in total. The van der Waals surface area contributed by atoms with Gasteiger partial charge in [0.2, 0.25) is 5.91 Å². The van der Waals surface area contributed by atoms with Gasteiger partial charge in [-0.15, -0.1) is 5.10 Å². The number of rotatable bonds is 3. The molecule has 206 valence electrons. The highest BCUT2D eigenvalue weighted by atomic mass is 35.5. The van der Waals surface area contributed by atoms with E-state index in [4.69, 9.17) is 23.2 Å². The van der Waals surface area contributed by atoms with E-state index in [9.17, 15) is 9.59 Å². The molecule has 2 aromatic carbocycles. The number of hydrogen-bond donors (Lipinski definition) is 1. The normalized spacial score (nSPS) is 17.2. The Hall–Kier alpha value is -4.41. The molecule has 2 bridgehead atoms. The summed E-state index contributed by atoms with van der Waals surface area (Å²) in [6.07, 6.45) is 8.20. The van der Waals surface area contributed by atoms with Crippen molar-refractivity contribution in [1.82, 2.24) is 34.5 Å². The lowest BCUT2D eigenvalue weighted by Crippen LogP contribution is -2.26. The Balaban J connectivity index is 1.43. The van der Waals surface area contributed by atoms with Crippen molar-refractivity contribution in [2.45, 2.75) is 32.2 Å². The Labute approximate surface area is 245 Å². The van der Waals surface area contributed by atoms with Gasteiger partial charge in [0.25, 0.3) is 5.56 Å². The van der Waals surface area contributed by atoms with E-state index in [1.54, 1.807) is 41.5 Å². The minimum atomic E-state index is -0.308. The second-order valence-corrected chi connectivity index (χ2v) is 10.7. The van der Waals surface area contributed by atoms with E-state index in [-0.39, 0.29) is 28.6 Å². The molecule has 0 saturated carbocycles. The summed E-state index contributed by atoms with van der Waals surface area (Å²) in [7, 11) is 0. The van der Waals surface area contributed by atoms with Crippen molar-refractivity contribution in [3.8, 4) is 28.2 Å². The smallest absolute Gasteiger partial charge is 0.254 e. The van der Waals surface area contributed by atoms with Gasteiger partial charge in [-0.2, -0.15) is 0 Å². The lowest BCUT2D eigenvalue weighted by molar-refractivity contribution is -0.119. The maximum absolute atomic E-state index is 13.7. The number of benzene rings is 2. The van der Waals surface area contributed by atoms with Crippen LogP contribution in [0.25, 0.3) is 28.2 Å². The van der Waals surface area contributed by atoms with Crippen LogP contribution in [-0.4, -0.2) is 40.4 Å². The fourth-order valence-corrected chi connectivity index (χ4v) is 5.38. The number of halogens is 2. The second kappa shape index (κ2) is 11.2. The summed E-state index contributed by atoms with van der Waals surface area (Å²) < 4.78 is 3.15. The zero-order chi connectivity index (χ0) is 28.5. The monoisotopic (exact) mass is 586 g/mol. The SMILES string of the molecule is CC1CCCC(n2cnc(-c3cc(Cl)ccc3-n3cc(Cl)nn3)cc2=O)c2cccc(c2)-c2ncncc2NC1=O. The van der Waals surface area contributed by atoms with Gasteiger partial charge in [-0.3, -0.25) is 14.2 Å². The van der Waals surface area contributed by atoms with Gasteiger partial charge in [-0.1, -0.05) is 60.0 Å². The molecule has 0 radical (unpaired) electrons.